The molecule has 19 heavy (non-hydrogen) atoms. The van der Waals surface area contributed by atoms with Gasteiger partial charge in [-0.2, -0.15) is 4.98 Å². The van der Waals surface area contributed by atoms with Gasteiger partial charge in [-0.1, -0.05) is 13.3 Å². The zero-order chi connectivity index (χ0) is 13.7. The highest BCUT2D eigenvalue weighted by Gasteiger charge is 2.17. The molecule has 101 valence electrons. The van der Waals surface area contributed by atoms with Crippen LogP contribution in [-0.4, -0.2) is 33.5 Å². The number of fused-ring (bicyclic) bond motifs is 1. The van der Waals surface area contributed by atoms with E-state index in [1.54, 1.807) is 13.2 Å². The standard InChI is InChI=1S/C12H16N5O2/c1-3-4-5-9(19-7-18)11-15-8-6-14-12(13-2)17-10(8)16-11/h6,9H,3-5H2,1-2H3,(H2,13,14,15,16,17). The summed E-state index contributed by atoms with van der Waals surface area (Å²) >= 11 is 0. The highest BCUT2D eigenvalue weighted by molar-refractivity contribution is 5.70. The van der Waals surface area contributed by atoms with Gasteiger partial charge in [-0.15, -0.1) is 0 Å². The zero-order valence-electron chi connectivity index (χ0n) is 10.9. The van der Waals surface area contributed by atoms with Crippen LogP contribution in [0.1, 0.15) is 38.1 Å². The van der Waals surface area contributed by atoms with Crippen LogP contribution in [0.15, 0.2) is 6.20 Å². The third kappa shape index (κ3) is 2.98. The Morgan fingerprint density at radius 2 is 2.37 bits per heavy atom. The quantitative estimate of drug-likeness (QED) is 0.789. The minimum Gasteiger partial charge on any atom is -0.446 e. The lowest BCUT2D eigenvalue weighted by Crippen LogP contribution is -2.05. The van der Waals surface area contributed by atoms with E-state index in [0.29, 0.717) is 29.4 Å². The first-order valence-corrected chi connectivity index (χ1v) is 6.21. The lowest BCUT2D eigenvalue weighted by Gasteiger charge is -2.10. The maximum atomic E-state index is 10.4. The monoisotopic (exact) mass is 262 g/mol. The van der Waals surface area contributed by atoms with Gasteiger partial charge in [-0.25, -0.2) is 14.8 Å². The summed E-state index contributed by atoms with van der Waals surface area (Å²) in [6.45, 7) is 3.56. The van der Waals surface area contributed by atoms with Crippen LogP contribution in [0.5, 0.6) is 0 Å². The molecule has 0 aliphatic heterocycles. The van der Waals surface area contributed by atoms with Gasteiger partial charge in [0, 0.05) is 7.05 Å². The summed E-state index contributed by atoms with van der Waals surface area (Å²) in [4.78, 5) is 26.2. The first-order chi connectivity index (χ1) is 9.28. The first-order valence-electron chi connectivity index (χ1n) is 6.21. The van der Waals surface area contributed by atoms with Gasteiger partial charge in [0.1, 0.15) is 5.52 Å². The molecule has 2 rings (SSSR count). The number of unbranched alkanes of at least 4 members (excludes halogenated alkanes) is 1. The number of hydrogen-bond donors (Lipinski definition) is 2. The fourth-order valence-corrected chi connectivity index (χ4v) is 1.80. The summed E-state index contributed by atoms with van der Waals surface area (Å²) in [6, 6.07) is 0. The minimum atomic E-state index is -0.412. The molecule has 2 N–H and O–H groups in total. The van der Waals surface area contributed by atoms with E-state index in [2.05, 4.69) is 32.2 Å². The van der Waals surface area contributed by atoms with Gasteiger partial charge in [-0.05, 0) is 12.8 Å². The molecule has 0 amide bonds. The molecule has 2 aromatic heterocycles. The van der Waals surface area contributed by atoms with Crippen molar-refractivity contribution in [1.82, 2.24) is 19.9 Å². The number of nitrogens with one attached hydrogen (secondary N) is 2. The molecule has 7 nitrogen and oxygen atoms in total. The second kappa shape index (κ2) is 6.12. The van der Waals surface area contributed by atoms with Crippen molar-refractivity contribution in [2.75, 3.05) is 12.4 Å². The Bertz CT molecular complexity index is 554. The van der Waals surface area contributed by atoms with E-state index in [9.17, 15) is 4.79 Å². The fraction of sp³-hybridized carbons (Fsp3) is 0.500. The van der Waals surface area contributed by atoms with Crippen molar-refractivity contribution in [2.24, 2.45) is 0 Å². The Kier molecular flexibility index (Phi) is 4.27. The summed E-state index contributed by atoms with van der Waals surface area (Å²) in [5, 5.41) is 2.85. The van der Waals surface area contributed by atoms with Crippen LogP contribution in [0, 0.1) is 0 Å². The number of imidazole rings is 1. The summed E-state index contributed by atoms with van der Waals surface area (Å²) in [6.07, 6.45) is 3.90. The molecular weight excluding hydrogens is 246 g/mol. The van der Waals surface area contributed by atoms with Crippen molar-refractivity contribution in [3.05, 3.63) is 12.0 Å². The summed E-state index contributed by atoms with van der Waals surface area (Å²) in [5.74, 6) is 1.08. The summed E-state index contributed by atoms with van der Waals surface area (Å²) < 4.78 is 4.95. The molecule has 0 fully saturated rings. The van der Waals surface area contributed by atoms with Gasteiger partial charge in [0.2, 0.25) is 5.95 Å². The third-order valence-corrected chi connectivity index (χ3v) is 2.80. The molecular formula is C12H16N5O2. The third-order valence-electron chi connectivity index (χ3n) is 2.80. The lowest BCUT2D eigenvalue weighted by molar-refractivity contribution is 0.159. The Morgan fingerprint density at radius 1 is 1.53 bits per heavy atom. The number of H-pyrrole nitrogens is 1. The Hall–Kier alpha value is -2.18. The molecule has 7 heteroatoms. The number of hydrogen-bond acceptors (Lipinski definition) is 6. The molecule has 0 aliphatic carbocycles. The van der Waals surface area contributed by atoms with Crippen LogP contribution in [0.25, 0.3) is 11.2 Å². The van der Waals surface area contributed by atoms with Gasteiger partial charge in [0.25, 0.3) is 0 Å². The number of carbonyl (C=O) groups excluding carboxylic acids is 1. The van der Waals surface area contributed by atoms with Crippen LogP contribution >= 0.6 is 0 Å². The molecule has 0 spiro atoms. The number of nitrogens with zero attached hydrogens (tertiary/aromatic N) is 3. The number of rotatable bonds is 7. The normalized spacial score (nSPS) is 12.3. The molecule has 1 unspecified atom stereocenters. The fourth-order valence-electron chi connectivity index (χ4n) is 1.80. The van der Waals surface area contributed by atoms with Crippen molar-refractivity contribution in [2.45, 2.75) is 32.3 Å². The van der Waals surface area contributed by atoms with E-state index in [4.69, 9.17) is 4.74 Å². The highest BCUT2D eigenvalue weighted by atomic mass is 16.5. The van der Waals surface area contributed by atoms with Crippen LogP contribution in [0.3, 0.4) is 0 Å². The molecule has 0 saturated carbocycles. The topological polar surface area (TPSA) is 92.8 Å². The average molecular weight is 262 g/mol. The SMILES string of the molecule is CCCCC(O[C]=O)c1nc2nc(NC)ncc2[nH]1. The van der Waals surface area contributed by atoms with E-state index in [1.165, 1.54) is 6.47 Å². The van der Waals surface area contributed by atoms with E-state index in [1.807, 2.05) is 0 Å². The van der Waals surface area contributed by atoms with E-state index in [0.717, 1.165) is 12.8 Å². The van der Waals surface area contributed by atoms with E-state index >= 15 is 0 Å². The second-order valence-corrected chi connectivity index (χ2v) is 4.13. The van der Waals surface area contributed by atoms with Crippen molar-refractivity contribution < 1.29 is 9.53 Å². The molecule has 2 aromatic rings. The first kappa shape index (κ1) is 13.3. The van der Waals surface area contributed by atoms with E-state index in [-0.39, 0.29) is 0 Å². The molecule has 1 radical (unpaired) electrons. The molecule has 0 saturated heterocycles. The predicted octanol–water partition coefficient (Wildman–Crippen LogP) is 1.71. The minimum absolute atomic E-state index is 0.412. The number of ether oxygens (including phenoxy) is 1. The summed E-state index contributed by atoms with van der Waals surface area (Å²) in [5.41, 5.74) is 1.26. The molecule has 0 aromatic carbocycles. The molecule has 1 atom stereocenters. The molecule has 0 bridgehead atoms. The van der Waals surface area contributed by atoms with Crippen molar-refractivity contribution in [3.8, 4) is 0 Å². The van der Waals surface area contributed by atoms with Crippen LogP contribution < -0.4 is 5.32 Å². The number of aromatic nitrogens is 4. The highest BCUT2D eigenvalue weighted by Crippen LogP contribution is 2.22. The summed E-state index contributed by atoms with van der Waals surface area (Å²) in [7, 11) is 1.74. The van der Waals surface area contributed by atoms with Gasteiger partial charge >= 0.3 is 6.47 Å². The predicted molar refractivity (Wildman–Crippen MR) is 70.3 cm³/mol. The Morgan fingerprint density at radius 3 is 3.05 bits per heavy atom. The number of anilines is 1. The van der Waals surface area contributed by atoms with Gasteiger partial charge in [0.15, 0.2) is 17.6 Å². The van der Waals surface area contributed by atoms with E-state index < -0.39 is 6.10 Å². The van der Waals surface area contributed by atoms with Crippen LogP contribution in [-0.2, 0) is 9.53 Å². The maximum Gasteiger partial charge on any atom is 0.418 e. The maximum absolute atomic E-state index is 10.4. The van der Waals surface area contributed by atoms with Crippen molar-refractivity contribution >= 4 is 23.6 Å². The van der Waals surface area contributed by atoms with Crippen molar-refractivity contribution in [3.63, 3.8) is 0 Å². The Balaban J connectivity index is 2.28. The van der Waals surface area contributed by atoms with Gasteiger partial charge in [0.05, 0.1) is 6.20 Å². The smallest absolute Gasteiger partial charge is 0.418 e. The van der Waals surface area contributed by atoms with Gasteiger partial charge < -0.3 is 15.0 Å². The lowest BCUT2D eigenvalue weighted by atomic mass is 10.1. The second-order valence-electron chi connectivity index (χ2n) is 4.13. The van der Waals surface area contributed by atoms with Gasteiger partial charge in [-0.3, -0.25) is 0 Å². The molecule has 0 aliphatic rings. The molecule has 2 heterocycles. The largest absolute Gasteiger partial charge is 0.446 e. The van der Waals surface area contributed by atoms with Crippen LogP contribution in [0.4, 0.5) is 5.95 Å². The van der Waals surface area contributed by atoms with Crippen molar-refractivity contribution in [1.29, 1.82) is 0 Å². The van der Waals surface area contributed by atoms with Crippen LogP contribution in [0.2, 0.25) is 0 Å². The zero-order valence-corrected chi connectivity index (χ0v) is 10.9. The Labute approximate surface area is 110 Å². The number of aromatic amines is 1. The average Bonchev–Trinajstić information content (AvgIpc) is 2.85.